The zero-order chi connectivity index (χ0) is 43.1. The number of aliphatic hydroxyl groups excluding tert-OH is 7. The van der Waals surface area contributed by atoms with Crippen molar-refractivity contribution in [1.29, 1.82) is 0 Å². The first-order valence-corrected chi connectivity index (χ1v) is 21.7. The van der Waals surface area contributed by atoms with Crippen LogP contribution in [0.4, 0.5) is 0 Å². The van der Waals surface area contributed by atoms with Gasteiger partial charge in [0.05, 0.1) is 30.0 Å². The summed E-state index contributed by atoms with van der Waals surface area (Å²) >= 11 is 0. The minimum Gasteiger partial charge on any atom is -0.463 e. The molecular weight excluding hydrogens is 752 g/mol. The van der Waals surface area contributed by atoms with E-state index in [1.54, 1.807) is 0 Å². The monoisotopic (exact) mass is 827 g/mol. The van der Waals surface area contributed by atoms with E-state index >= 15 is 0 Å². The number of ether oxygens (including phenoxy) is 5. The fraction of sp³-hybridized carbons (Fsp3) is 0.932. The summed E-state index contributed by atoms with van der Waals surface area (Å²) in [6.45, 7) is 19.2. The van der Waals surface area contributed by atoms with Gasteiger partial charge in [0.1, 0.15) is 49.3 Å². The highest BCUT2D eigenvalue weighted by Gasteiger charge is 2.73. The second-order valence-corrected chi connectivity index (χ2v) is 20.9. The molecule has 0 aromatic heterocycles. The van der Waals surface area contributed by atoms with Crippen LogP contribution in [0.1, 0.15) is 121 Å². The summed E-state index contributed by atoms with van der Waals surface area (Å²) < 4.78 is 30.7. The fourth-order valence-corrected chi connectivity index (χ4v) is 13.5. The van der Waals surface area contributed by atoms with Crippen molar-refractivity contribution in [2.24, 2.45) is 45.3 Å². The Bertz CT molecular complexity index is 1500. The summed E-state index contributed by atoms with van der Waals surface area (Å²) in [7, 11) is 0. The van der Waals surface area contributed by atoms with Crippen molar-refractivity contribution in [2.45, 2.75) is 206 Å². The summed E-state index contributed by atoms with van der Waals surface area (Å²) in [6.07, 6.45) is -9.45. The zero-order valence-electron chi connectivity index (χ0n) is 36.3. The van der Waals surface area contributed by atoms with Gasteiger partial charge in [-0.3, -0.25) is 4.79 Å². The van der Waals surface area contributed by atoms with Crippen molar-refractivity contribution >= 4 is 5.97 Å². The molecule has 14 heteroatoms. The number of hydrogen-bond acceptors (Lipinski definition) is 14. The predicted molar refractivity (Wildman–Crippen MR) is 210 cm³/mol. The molecule has 14 nitrogen and oxygen atoms in total. The Morgan fingerprint density at radius 3 is 2.14 bits per heavy atom. The van der Waals surface area contributed by atoms with E-state index in [2.05, 4.69) is 26.8 Å². The maximum absolute atomic E-state index is 12.3. The van der Waals surface area contributed by atoms with Crippen LogP contribution in [0, 0.1) is 45.3 Å². The Hall–Kier alpha value is -1.27. The van der Waals surface area contributed by atoms with Crippen LogP contribution in [-0.2, 0) is 28.5 Å². The van der Waals surface area contributed by atoms with Gasteiger partial charge in [-0.2, -0.15) is 0 Å². The summed E-state index contributed by atoms with van der Waals surface area (Å²) in [6, 6.07) is 0. The van der Waals surface area contributed by atoms with Crippen LogP contribution in [0.5, 0.6) is 0 Å². The van der Waals surface area contributed by atoms with E-state index in [0.717, 1.165) is 19.3 Å². The average Bonchev–Trinajstić information content (AvgIpc) is 3.52. The minimum absolute atomic E-state index is 0.0193. The molecular formula is C44H74O14. The molecule has 0 radical (unpaired) electrons. The van der Waals surface area contributed by atoms with Crippen molar-refractivity contribution in [1.82, 2.24) is 0 Å². The third kappa shape index (κ3) is 7.76. The van der Waals surface area contributed by atoms with E-state index in [9.17, 15) is 45.6 Å². The predicted octanol–water partition coefficient (Wildman–Crippen LogP) is 2.72. The molecule has 0 aromatic carbocycles. The maximum atomic E-state index is 12.3. The van der Waals surface area contributed by atoms with Crippen LogP contribution in [0.25, 0.3) is 0 Å². The Labute approximate surface area is 344 Å². The lowest BCUT2D eigenvalue weighted by atomic mass is 9.34. The first kappa shape index (κ1) is 46.2. The average molecular weight is 827 g/mol. The lowest BCUT2D eigenvalue weighted by Crippen LogP contribution is -2.71. The van der Waals surface area contributed by atoms with Crippen molar-refractivity contribution in [3.05, 3.63) is 11.6 Å². The molecule has 6 aliphatic rings. The molecule has 0 spiro atoms. The van der Waals surface area contributed by atoms with Gasteiger partial charge in [-0.1, -0.05) is 46.3 Å². The van der Waals surface area contributed by atoms with Gasteiger partial charge in [0, 0.05) is 6.92 Å². The topological polar surface area (TPSA) is 225 Å². The minimum atomic E-state index is -1.72. The number of allylic oxidation sites excluding steroid dienone is 2. The third-order valence-electron chi connectivity index (χ3n) is 16.7. The molecule has 4 unspecified atom stereocenters. The highest BCUT2D eigenvalue weighted by atomic mass is 16.8. The highest BCUT2D eigenvalue weighted by Crippen LogP contribution is 2.76. The number of hydrogen-bond donors (Lipinski definition) is 8. The van der Waals surface area contributed by atoms with Gasteiger partial charge in [0.25, 0.3) is 0 Å². The molecule has 21 atom stereocenters. The van der Waals surface area contributed by atoms with Gasteiger partial charge >= 0.3 is 5.97 Å². The Kier molecular flexibility index (Phi) is 13.1. The number of esters is 1. The molecule has 334 valence electrons. The molecule has 0 amide bonds. The van der Waals surface area contributed by atoms with Crippen LogP contribution in [0.2, 0.25) is 0 Å². The zero-order valence-corrected chi connectivity index (χ0v) is 36.3. The van der Waals surface area contributed by atoms with Gasteiger partial charge in [0.15, 0.2) is 12.6 Å². The van der Waals surface area contributed by atoms with Crippen LogP contribution in [-0.4, -0.2) is 139 Å². The van der Waals surface area contributed by atoms with Gasteiger partial charge in [0.2, 0.25) is 0 Å². The standard InChI is InChI=1S/C44H74O14/c1-21(2)12-11-15-44(10,53)24-13-17-42(8)30(24)25(46)18-28-41(7)16-14-29(47)40(5,6)37(41)26(19-43(28,42)9)56-39-36(34(51)32(49)27(57-39)20-54-23(4)45)58-38-35(52)33(50)31(48)22(3)55-38/h12,22,24-39,46-53H,11,13-20H2,1-10H3/t22-,24?,25+,26-,27+,28?,29-,30?,31-,32+,33+,34-,35+,36+,37?,38-,39+,41+,42+,43+,44+/m0/s1. The van der Waals surface area contributed by atoms with Crippen LogP contribution < -0.4 is 0 Å². The van der Waals surface area contributed by atoms with E-state index in [0.29, 0.717) is 32.1 Å². The molecule has 2 saturated heterocycles. The fourth-order valence-electron chi connectivity index (χ4n) is 13.5. The molecule has 6 rings (SSSR count). The summed E-state index contributed by atoms with van der Waals surface area (Å²) in [5.74, 6) is -1.23. The van der Waals surface area contributed by atoms with E-state index in [4.69, 9.17) is 23.7 Å². The third-order valence-corrected chi connectivity index (χ3v) is 16.7. The van der Waals surface area contributed by atoms with Gasteiger partial charge < -0.3 is 64.5 Å². The largest absolute Gasteiger partial charge is 0.463 e. The van der Waals surface area contributed by atoms with Crippen LogP contribution in [0.15, 0.2) is 11.6 Å². The SMILES string of the molecule is CC(=O)OC[C@H]1O[C@@H](O[C@H]2C[C@]3(C)C(C[C@@H](O)C4C([C@](C)(O)CCC=C(C)C)CC[C@]43C)[C@@]3(C)CC[C@H](O)C(C)(C)C23)[C@H](O[C@@H]2O[C@@H](C)[C@H](O)[C@@H](O)[C@H]2O)[C@@H](O)[C@@H]1O. The lowest BCUT2D eigenvalue weighted by molar-refractivity contribution is -0.382. The van der Waals surface area contributed by atoms with Crippen molar-refractivity contribution in [3.8, 4) is 0 Å². The second kappa shape index (κ2) is 16.5. The molecule has 58 heavy (non-hydrogen) atoms. The summed E-state index contributed by atoms with van der Waals surface area (Å²) in [4.78, 5) is 11.9. The van der Waals surface area contributed by atoms with Gasteiger partial charge in [-0.15, -0.1) is 0 Å². The lowest BCUT2D eigenvalue weighted by Gasteiger charge is -2.72. The molecule has 0 bridgehead atoms. The molecule has 0 aromatic rings. The molecule has 4 aliphatic carbocycles. The number of carbonyl (C=O) groups is 1. The molecule has 4 saturated carbocycles. The normalized spacial score (nSPS) is 51.1. The second-order valence-electron chi connectivity index (χ2n) is 20.9. The first-order chi connectivity index (χ1) is 26.8. The smallest absolute Gasteiger partial charge is 0.302 e. The highest BCUT2D eigenvalue weighted by molar-refractivity contribution is 5.65. The van der Waals surface area contributed by atoms with E-state index in [1.807, 2.05) is 34.6 Å². The summed E-state index contributed by atoms with van der Waals surface area (Å²) in [5.41, 5.74) is -1.84. The van der Waals surface area contributed by atoms with E-state index in [1.165, 1.54) is 19.4 Å². The van der Waals surface area contributed by atoms with Crippen LogP contribution >= 0.6 is 0 Å². The quantitative estimate of drug-likeness (QED) is 0.0902. The van der Waals surface area contributed by atoms with Crippen LogP contribution in [0.3, 0.4) is 0 Å². The molecule has 2 aliphatic heterocycles. The first-order valence-electron chi connectivity index (χ1n) is 21.7. The molecule has 6 fully saturated rings. The maximum Gasteiger partial charge on any atom is 0.302 e. The van der Waals surface area contributed by atoms with E-state index in [-0.39, 0.29) is 23.7 Å². The number of fused-ring (bicyclic) bond motifs is 5. The Morgan fingerprint density at radius 2 is 1.50 bits per heavy atom. The molecule has 8 N–H and O–H groups in total. The van der Waals surface area contributed by atoms with Crippen molar-refractivity contribution in [2.75, 3.05) is 6.61 Å². The Morgan fingerprint density at radius 1 is 0.828 bits per heavy atom. The number of aliphatic hydroxyl groups is 8. The van der Waals surface area contributed by atoms with Gasteiger partial charge in [-0.25, -0.2) is 0 Å². The molecule has 2 heterocycles. The van der Waals surface area contributed by atoms with Crippen molar-refractivity contribution in [3.63, 3.8) is 0 Å². The Balaban J connectivity index is 1.40. The number of rotatable bonds is 10. The number of carbonyl (C=O) groups excluding carboxylic acids is 1. The summed E-state index contributed by atoms with van der Waals surface area (Å²) in [5, 5.41) is 91.0. The van der Waals surface area contributed by atoms with Crippen molar-refractivity contribution < 1.29 is 69.3 Å². The van der Waals surface area contributed by atoms with Gasteiger partial charge in [-0.05, 0) is 124 Å². The van der Waals surface area contributed by atoms with E-state index < -0.39 is 120 Å².